The maximum Gasteiger partial charge on any atom is 0.315 e. The predicted octanol–water partition coefficient (Wildman–Crippen LogP) is 3.15. The second kappa shape index (κ2) is 8.68. The normalized spacial score (nSPS) is 21.6. The quantitative estimate of drug-likeness (QED) is 0.741. The van der Waals surface area contributed by atoms with Gasteiger partial charge in [0.25, 0.3) is 0 Å². The summed E-state index contributed by atoms with van der Waals surface area (Å²) >= 11 is 0. The molecule has 25 heavy (non-hydrogen) atoms. The van der Waals surface area contributed by atoms with E-state index in [1.807, 2.05) is 18.2 Å². The monoisotopic (exact) mass is 346 g/mol. The molecule has 2 amide bonds. The highest BCUT2D eigenvalue weighted by Gasteiger charge is 2.35. The third-order valence-electron chi connectivity index (χ3n) is 5.66. The number of carbonyl (C=O) groups is 1. The van der Waals surface area contributed by atoms with Gasteiger partial charge in [0.15, 0.2) is 0 Å². The van der Waals surface area contributed by atoms with Gasteiger partial charge in [-0.2, -0.15) is 0 Å². The largest absolute Gasteiger partial charge is 0.394 e. The number of hydrogen-bond donors (Lipinski definition) is 3. The smallest absolute Gasteiger partial charge is 0.315 e. The Kier molecular flexibility index (Phi) is 6.32. The lowest BCUT2D eigenvalue weighted by Crippen LogP contribution is -2.53. The minimum absolute atomic E-state index is 0.0103. The number of aliphatic hydroxyl groups is 1. The molecule has 0 radical (unpaired) electrons. The molecule has 1 heterocycles. The fourth-order valence-electron chi connectivity index (χ4n) is 4.09. The van der Waals surface area contributed by atoms with Crippen molar-refractivity contribution in [3.05, 3.63) is 35.9 Å². The first kappa shape index (κ1) is 18.2. The molecular formula is C20H30N2O3. The van der Waals surface area contributed by atoms with E-state index in [1.54, 1.807) is 0 Å². The summed E-state index contributed by atoms with van der Waals surface area (Å²) in [4.78, 5) is 12.6. The average molecular weight is 346 g/mol. The van der Waals surface area contributed by atoms with E-state index in [9.17, 15) is 9.90 Å². The van der Waals surface area contributed by atoms with Crippen LogP contribution in [0.5, 0.6) is 0 Å². The van der Waals surface area contributed by atoms with E-state index < -0.39 is 5.54 Å². The molecule has 1 unspecified atom stereocenters. The van der Waals surface area contributed by atoms with Gasteiger partial charge in [0.1, 0.15) is 0 Å². The molecule has 1 aromatic rings. The zero-order valence-corrected chi connectivity index (χ0v) is 14.9. The van der Waals surface area contributed by atoms with Crippen LogP contribution < -0.4 is 10.6 Å². The number of rotatable bonds is 6. The molecule has 0 aromatic heterocycles. The molecule has 1 aliphatic heterocycles. The van der Waals surface area contributed by atoms with Gasteiger partial charge in [-0.1, -0.05) is 43.2 Å². The van der Waals surface area contributed by atoms with Crippen molar-refractivity contribution in [2.75, 3.05) is 19.8 Å². The van der Waals surface area contributed by atoms with Crippen LogP contribution >= 0.6 is 0 Å². The van der Waals surface area contributed by atoms with Crippen LogP contribution in [0.2, 0.25) is 0 Å². The van der Waals surface area contributed by atoms with E-state index in [0.717, 1.165) is 63.7 Å². The Morgan fingerprint density at radius 3 is 2.52 bits per heavy atom. The SMILES string of the molecule is O=C(NC(CC1CCOCC1)c1ccccc1)NC1(CO)CCCC1. The van der Waals surface area contributed by atoms with Crippen LogP contribution in [0.3, 0.4) is 0 Å². The number of nitrogens with one attached hydrogen (secondary N) is 2. The Morgan fingerprint density at radius 1 is 1.20 bits per heavy atom. The number of benzene rings is 1. The minimum atomic E-state index is -0.440. The number of urea groups is 1. The lowest BCUT2D eigenvalue weighted by Gasteiger charge is -2.31. The Labute approximate surface area is 150 Å². The zero-order valence-electron chi connectivity index (χ0n) is 14.9. The number of carbonyl (C=O) groups excluding carboxylic acids is 1. The Hall–Kier alpha value is -1.59. The molecule has 0 spiro atoms. The van der Waals surface area contributed by atoms with Crippen molar-refractivity contribution in [1.29, 1.82) is 0 Å². The third-order valence-corrected chi connectivity index (χ3v) is 5.66. The van der Waals surface area contributed by atoms with Gasteiger partial charge in [-0.25, -0.2) is 4.79 Å². The van der Waals surface area contributed by atoms with E-state index in [-0.39, 0.29) is 18.7 Å². The third kappa shape index (κ3) is 4.95. The number of hydrogen-bond acceptors (Lipinski definition) is 3. The number of aliphatic hydroxyl groups excluding tert-OH is 1. The van der Waals surface area contributed by atoms with Crippen LogP contribution in [0.4, 0.5) is 4.79 Å². The fraction of sp³-hybridized carbons (Fsp3) is 0.650. The first-order valence-electron chi connectivity index (χ1n) is 9.53. The molecule has 5 heteroatoms. The van der Waals surface area contributed by atoms with Crippen LogP contribution in [0.25, 0.3) is 0 Å². The van der Waals surface area contributed by atoms with Crippen molar-refractivity contribution in [2.24, 2.45) is 5.92 Å². The maximum atomic E-state index is 12.6. The molecule has 138 valence electrons. The van der Waals surface area contributed by atoms with Crippen LogP contribution in [-0.2, 0) is 4.74 Å². The number of amides is 2. The molecule has 3 N–H and O–H groups in total. The van der Waals surface area contributed by atoms with Gasteiger partial charge >= 0.3 is 6.03 Å². The maximum absolute atomic E-state index is 12.6. The minimum Gasteiger partial charge on any atom is -0.394 e. The van der Waals surface area contributed by atoms with E-state index in [1.165, 1.54) is 0 Å². The molecular weight excluding hydrogens is 316 g/mol. The van der Waals surface area contributed by atoms with Crippen LogP contribution in [0, 0.1) is 5.92 Å². The summed E-state index contributed by atoms with van der Waals surface area (Å²) in [5, 5.41) is 15.9. The van der Waals surface area contributed by atoms with Crippen molar-refractivity contribution < 1.29 is 14.6 Å². The first-order valence-corrected chi connectivity index (χ1v) is 9.53. The molecule has 5 nitrogen and oxygen atoms in total. The molecule has 1 aromatic carbocycles. The van der Waals surface area contributed by atoms with Gasteiger partial charge in [-0.3, -0.25) is 0 Å². The van der Waals surface area contributed by atoms with Gasteiger partial charge in [-0.15, -0.1) is 0 Å². The topological polar surface area (TPSA) is 70.6 Å². The van der Waals surface area contributed by atoms with E-state index in [4.69, 9.17) is 4.74 Å². The van der Waals surface area contributed by atoms with E-state index in [0.29, 0.717) is 5.92 Å². The van der Waals surface area contributed by atoms with Gasteiger partial charge in [0.2, 0.25) is 0 Å². The van der Waals surface area contributed by atoms with Crippen molar-refractivity contribution in [3.8, 4) is 0 Å². The van der Waals surface area contributed by atoms with Crippen molar-refractivity contribution in [1.82, 2.24) is 10.6 Å². The highest BCUT2D eigenvalue weighted by atomic mass is 16.5. The van der Waals surface area contributed by atoms with E-state index in [2.05, 4.69) is 22.8 Å². The molecule has 1 atom stereocenters. The molecule has 0 bridgehead atoms. The van der Waals surface area contributed by atoms with Crippen LogP contribution in [0.15, 0.2) is 30.3 Å². The van der Waals surface area contributed by atoms with Gasteiger partial charge < -0.3 is 20.5 Å². The Morgan fingerprint density at radius 2 is 1.88 bits per heavy atom. The zero-order chi connectivity index (χ0) is 17.5. The van der Waals surface area contributed by atoms with Gasteiger partial charge in [0.05, 0.1) is 18.2 Å². The van der Waals surface area contributed by atoms with Crippen LogP contribution in [0.1, 0.15) is 56.6 Å². The first-order chi connectivity index (χ1) is 12.2. The molecule has 2 aliphatic rings. The fourth-order valence-corrected chi connectivity index (χ4v) is 4.09. The Balaban J connectivity index is 1.65. The van der Waals surface area contributed by atoms with E-state index >= 15 is 0 Å². The summed E-state index contributed by atoms with van der Waals surface area (Å²) in [6.45, 7) is 1.63. The summed E-state index contributed by atoms with van der Waals surface area (Å²) in [6, 6.07) is 9.98. The highest BCUT2D eigenvalue weighted by Crippen LogP contribution is 2.30. The molecule has 1 saturated carbocycles. The van der Waals surface area contributed by atoms with Gasteiger partial charge in [-0.05, 0) is 43.6 Å². The van der Waals surface area contributed by atoms with Crippen molar-refractivity contribution >= 4 is 6.03 Å². The summed E-state index contributed by atoms with van der Waals surface area (Å²) in [5.74, 6) is 0.567. The molecule has 3 rings (SSSR count). The lowest BCUT2D eigenvalue weighted by molar-refractivity contribution is 0.0607. The molecule has 1 aliphatic carbocycles. The summed E-state index contributed by atoms with van der Waals surface area (Å²) in [7, 11) is 0. The highest BCUT2D eigenvalue weighted by molar-refractivity contribution is 5.75. The Bertz CT molecular complexity index is 537. The lowest BCUT2D eigenvalue weighted by atomic mass is 9.89. The van der Waals surface area contributed by atoms with Crippen molar-refractivity contribution in [3.63, 3.8) is 0 Å². The summed E-state index contributed by atoms with van der Waals surface area (Å²) in [5.41, 5.74) is 0.692. The number of ether oxygens (including phenoxy) is 1. The molecule has 1 saturated heterocycles. The average Bonchev–Trinajstić information content (AvgIpc) is 3.11. The van der Waals surface area contributed by atoms with Crippen LogP contribution in [-0.4, -0.2) is 36.5 Å². The second-order valence-corrected chi connectivity index (χ2v) is 7.50. The van der Waals surface area contributed by atoms with Gasteiger partial charge in [0, 0.05) is 13.2 Å². The standard InChI is InChI=1S/C20H30N2O3/c23-15-20(10-4-5-11-20)22-19(24)21-18(17-6-2-1-3-7-17)14-16-8-12-25-13-9-16/h1-3,6-7,16,18,23H,4-5,8-15H2,(H2,21,22,24). The van der Waals surface area contributed by atoms with Crippen molar-refractivity contribution in [2.45, 2.75) is 56.5 Å². The summed E-state index contributed by atoms with van der Waals surface area (Å²) < 4.78 is 5.46. The second-order valence-electron chi connectivity index (χ2n) is 7.50. The molecule has 2 fully saturated rings. The predicted molar refractivity (Wildman–Crippen MR) is 97.3 cm³/mol. The summed E-state index contributed by atoms with van der Waals surface area (Å²) in [6.07, 6.45) is 6.85.